The molecule has 46 heavy (non-hydrogen) atoms. The highest BCUT2D eigenvalue weighted by Crippen LogP contribution is 2.63. The summed E-state index contributed by atoms with van der Waals surface area (Å²) in [4.78, 5) is 35.2. The van der Waals surface area contributed by atoms with Gasteiger partial charge in [0.1, 0.15) is 48.0 Å². The van der Waals surface area contributed by atoms with Crippen LogP contribution in [-0.2, 0) is 41.4 Å². The number of anilines is 2. The zero-order valence-electron chi connectivity index (χ0n) is 23.0. The minimum Gasteiger partial charge on any atom is -0.386 e. The maximum Gasteiger partial charge on any atom is 0.386 e. The van der Waals surface area contributed by atoms with Crippen LogP contribution in [0.25, 0.3) is 22.3 Å². The molecule has 2 bridgehead atoms. The van der Waals surface area contributed by atoms with Gasteiger partial charge in [-0.1, -0.05) is 24.5 Å². The zero-order valence-corrected chi connectivity index (χ0v) is 26.6. The number of nitrogens with one attached hydrogen (secondary N) is 1. The van der Waals surface area contributed by atoms with Gasteiger partial charge in [0.2, 0.25) is 5.95 Å². The van der Waals surface area contributed by atoms with E-state index in [4.69, 9.17) is 43.8 Å². The fourth-order valence-electron chi connectivity index (χ4n) is 5.99. The number of ether oxygens (including phenoxy) is 3. The molecule has 4 aromatic heterocycles. The summed E-state index contributed by atoms with van der Waals surface area (Å²) in [6, 6.07) is 0. The minimum atomic E-state index is -4.30. The summed E-state index contributed by atoms with van der Waals surface area (Å²) in [5, 5.41) is 11.3. The van der Waals surface area contributed by atoms with E-state index in [1.165, 1.54) is 28.1 Å². The highest BCUT2D eigenvalue weighted by atomic mass is 32.7. The summed E-state index contributed by atoms with van der Waals surface area (Å²) in [5.41, 5.74) is 10.1. The topological polar surface area (TPSA) is 278 Å². The van der Waals surface area contributed by atoms with E-state index < -0.39 is 80.9 Å². The molecule has 10 atom stereocenters. The van der Waals surface area contributed by atoms with Crippen molar-refractivity contribution in [1.29, 1.82) is 0 Å². The molecule has 21 nitrogen and oxygen atoms in total. The van der Waals surface area contributed by atoms with Crippen molar-refractivity contribution in [2.24, 2.45) is 0 Å². The van der Waals surface area contributed by atoms with Crippen LogP contribution in [0.4, 0.5) is 11.8 Å². The molecule has 6 N–H and O–H groups in total. The predicted octanol–water partition coefficient (Wildman–Crippen LogP) is -0.0584. The van der Waals surface area contributed by atoms with Crippen LogP contribution in [0.5, 0.6) is 0 Å². The molecule has 25 heteroatoms. The third-order valence-electron chi connectivity index (χ3n) is 8.04. The molecule has 4 aliphatic rings. The maximum absolute atomic E-state index is 13.6. The molecule has 0 spiro atoms. The van der Waals surface area contributed by atoms with Gasteiger partial charge in [-0.15, -0.1) is 0 Å². The number of nitrogens with zero attached hydrogens (tertiary/aromatic N) is 7. The summed E-state index contributed by atoms with van der Waals surface area (Å²) >= 11 is 8.33. The SMILES string of the molecule is Nc1nc2c(ncn2[C@@H]2O[C@@]34CO[C@@H]2[C@@H]3O[P@@](=O)(S)OCC2O[C@@H](n3cnc5c(N)ncnc53)[C@H](O)[C@@H]2O[P@](=O)(S)OC4)c(=O)[nH]1. The van der Waals surface area contributed by atoms with Gasteiger partial charge < -0.3 is 30.8 Å². The van der Waals surface area contributed by atoms with Crippen LogP contribution in [0.3, 0.4) is 0 Å². The Labute approximate surface area is 266 Å². The van der Waals surface area contributed by atoms with E-state index in [9.17, 15) is 19.0 Å². The van der Waals surface area contributed by atoms with Crippen LogP contribution in [0, 0.1) is 0 Å². The molecule has 0 aromatic carbocycles. The van der Waals surface area contributed by atoms with Crippen molar-refractivity contribution < 1.29 is 46.5 Å². The molecule has 0 aliphatic carbocycles. The Morgan fingerprint density at radius 3 is 2.50 bits per heavy atom. The number of nitrogen functional groups attached to an aromatic ring is 2. The van der Waals surface area contributed by atoms with Crippen LogP contribution in [0.15, 0.2) is 23.8 Å². The van der Waals surface area contributed by atoms with Crippen LogP contribution < -0.4 is 17.0 Å². The quantitative estimate of drug-likeness (QED) is 0.117. The summed E-state index contributed by atoms with van der Waals surface area (Å²) in [6.45, 7) is -9.73. The molecule has 1 unspecified atom stereocenters. The van der Waals surface area contributed by atoms with E-state index in [1.54, 1.807) is 0 Å². The zero-order chi connectivity index (χ0) is 32.2. The summed E-state index contributed by atoms with van der Waals surface area (Å²) in [6.07, 6.45) is -4.64. The van der Waals surface area contributed by atoms with Gasteiger partial charge in [-0.2, -0.15) is 4.98 Å². The van der Waals surface area contributed by atoms with E-state index in [2.05, 4.69) is 54.4 Å². The minimum absolute atomic E-state index is 0.0197. The first-order valence-electron chi connectivity index (χ1n) is 13.4. The lowest BCUT2D eigenvalue weighted by molar-refractivity contribution is -0.183. The monoisotopic (exact) mass is 718 g/mol. The lowest BCUT2D eigenvalue weighted by atomic mass is 10.0. The van der Waals surface area contributed by atoms with Gasteiger partial charge in [0.25, 0.3) is 5.56 Å². The second-order valence-corrected chi connectivity index (χ2v) is 16.6. The third kappa shape index (κ3) is 4.89. The number of aliphatic hydroxyl groups is 1. The number of imidazole rings is 2. The van der Waals surface area contributed by atoms with E-state index in [1.807, 2.05) is 0 Å². The average molecular weight is 719 g/mol. The average Bonchev–Trinajstić information content (AvgIpc) is 3.80. The Balaban J connectivity index is 1.11. The smallest absolute Gasteiger partial charge is 0.386 e. The summed E-state index contributed by atoms with van der Waals surface area (Å²) in [5.74, 6) is -0.0588. The number of aromatic amines is 1. The van der Waals surface area contributed by atoms with Gasteiger partial charge in [-0.05, 0) is 0 Å². The summed E-state index contributed by atoms with van der Waals surface area (Å²) in [7, 11) is 0. The fourth-order valence-corrected chi connectivity index (χ4v) is 9.00. The van der Waals surface area contributed by atoms with E-state index >= 15 is 0 Å². The first-order valence-corrected chi connectivity index (χ1v) is 18.8. The highest BCUT2D eigenvalue weighted by molar-refractivity contribution is 8.44. The van der Waals surface area contributed by atoms with Crippen molar-refractivity contribution in [3.63, 3.8) is 0 Å². The van der Waals surface area contributed by atoms with Crippen molar-refractivity contribution in [3.05, 3.63) is 29.3 Å². The number of nitrogens with two attached hydrogens (primary N) is 2. The van der Waals surface area contributed by atoms with Gasteiger partial charge in [0, 0.05) is 0 Å². The Hall–Kier alpha value is -2.66. The van der Waals surface area contributed by atoms with Crippen molar-refractivity contribution in [2.45, 2.75) is 48.6 Å². The van der Waals surface area contributed by atoms with Crippen molar-refractivity contribution in [2.75, 3.05) is 31.3 Å². The molecular weight excluding hydrogens is 694 g/mol. The van der Waals surface area contributed by atoms with E-state index in [0.717, 1.165) is 0 Å². The number of fused-ring (bicyclic) bond motifs is 3. The largest absolute Gasteiger partial charge is 0.386 e. The number of hydrogen-bond acceptors (Lipinski definition) is 18. The van der Waals surface area contributed by atoms with Gasteiger partial charge in [0.05, 0.1) is 32.5 Å². The number of rotatable bonds is 2. The van der Waals surface area contributed by atoms with Crippen molar-refractivity contribution >= 4 is 72.2 Å². The number of thiol groups is 2. The van der Waals surface area contributed by atoms with E-state index in [0.29, 0.717) is 0 Å². The molecule has 4 fully saturated rings. The van der Waals surface area contributed by atoms with E-state index in [-0.39, 0.29) is 40.7 Å². The van der Waals surface area contributed by atoms with Gasteiger partial charge in [0.15, 0.2) is 35.1 Å². The molecule has 8 heterocycles. The molecule has 0 saturated carbocycles. The van der Waals surface area contributed by atoms with Gasteiger partial charge >= 0.3 is 13.6 Å². The maximum atomic E-state index is 13.6. The lowest BCUT2D eigenvalue weighted by Crippen LogP contribution is -2.46. The molecule has 0 radical (unpaired) electrons. The molecule has 8 rings (SSSR count). The van der Waals surface area contributed by atoms with Crippen molar-refractivity contribution in [3.8, 4) is 0 Å². The molecule has 4 aromatic rings. The Morgan fingerprint density at radius 2 is 1.70 bits per heavy atom. The molecular formula is C21H24N10O11P2S2. The summed E-state index contributed by atoms with van der Waals surface area (Å²) < 4.78 is 71.3. The number of hydrogen-bond donors (Lipinski definition) is 6. The first kappa shape index (κ1) is 30.7. The van der Waals surface area contributed by atoms with Crippen LogP contribution in [0.2, 0.25) is 0 Å². The van der Waals surface area contributed by atoms with Gasteiger partial charge in [-0.3, -0.25) is 37.0 Å². The molecule has 0 amide bonds. The third-order valence-corrected chi connectivity index (χ3v) is 11.2. The second-order valence-electron chi connectivity index (χ2n) is 10.9. The second kappa shape index (κ2) is 10.7. The molecule has 4 saturated heterocycles. The first-order chi connectivity index (χ1) is 21.8. The Kier molecular flexibility index (Phi) is 7.11. The molecule has 246 valence electrons. The highest BCUT2D eigenvalue weighted by Gasteiger charge is 2.66. The van der Waals surface area contributed by atoms with Crippen LogP contribution in [0.1, 0.15) is 12.5 Å². The Morgan fingerprint density at radius 1 is 0.957 bits per heavy atom. The molecule has 4 aliphatic heterocycles. The number of H-pyrrole nitrogens is 1. The normalized spacial score (nSPS) is 39.7. The van der Waals surface area contributed by atoms with Crippen LogP contribution in [-0.4, -0.2) is 100 Å². The predicted molar refractivity (Wildman–Crippen MR) is 160 cm³/mol. The fraction of sp³-hybridized carbons (Fsp3) is 0.524. The lowest BCUT2D eigenvalue weighted by Gasteiger charge is -2.33. The standard InChI is InChI=1S/C21H24N10O11P2S2/c22-14-8-15(25-4-24-14)30(5-26-8)18-10(32)11-7(39-18)1-37-43(34,45)42-13-12-19(31-6-27-9-16(31)28-20(23)29-17(9)33)40-21(13,2-36-12)3-38-44(35,46)41-11/h4-7,10-13,18-19,32H,1-3H2,(H,34,45)(H,35,46)(H2,22,24,25)(H3,23,28,29,33)/t7?,10-,11-,12-,13+,18-,19-,21-,43+,44-/m1/s1. The van der Waals surface area contributed by atoms with Crippen molar-refractivity contribution in [1.82, 2.24) is 39.0 Å². The van der Waals surface area contributed by atoms with Gasteiger partial charge in [-0.25, -0.2) is 29.1 Å². The van der Waals surface area contributed by atoms with Crippen LogP contribution >= 0.6 is 38.1 Å². The number of aromatic nitrogens is 8. The Bertz CT molecular complexity index is 2030. The number of aliphatic hydroxyl groups excluding tert-OH is 1.